The Balaban J connectivity index is 1.95. The summed E-state index contributed by atoms with van der Waals surface area (Å²) in [5.74, 6) is 0.440. The third-order valence-corrected chi connectivity index (χ3v) is 4.61. The Labute approximate surface area is 167 Å². The third-order valence-electron chi connectivity index (χ3n) is 4.61. The van der Waals surface area contributed by atoms with Crippen molar-refractivity contribution in [3.05, 3.63) is 65.7 Å². The van der Waals surface area contributed by atoms with Gasteiger partial charge in [-0.25, -0.2) is 0 Å². The fraction of sp³-hybridized carbons (Fsp3) is 0.391. The summed E-state index contributed by atoms with van der Waals surface area (Å²) in [7, 11) is 0. The van der Waals surface area contributed by atoms with Crippen molar-refractivity contribution in [2.75, 3.05) is 13.2 Å². The van der Waals surface area contributed by atoms with Crippen LogP contribution in [0.15, 0.2) is 54.6 Å². The van der Waals surface area contributed by atoms with Crippen LogP contribution in [0.1, 0.15) is 49.5 Å². The Bertz CT molecular complexity index is 757. The van der Waals surface area contributed by atoms with E-state index >= 15 is 0 Å². The molecule has 0 saturated heterocycles. The highest BCUT2D eigenvalue weighted by Gasteiger charge is 2.25. The smallest absolute Gasteiger partial charge is 0.251 e. The predicted octanol–water partition coefficient (Wildman–Crippen LogP) is 3.76. The van der Waals surface area contributed by atoms with E-state index in [1.165, 1.54) is 5.56 Å². The van der Waals surface area contributed by atoms with Gasteiger partial charge >= 0.3 is 0 Å². The molecule has 0 fully saturated rings. The average Bonchev–Trinajstić information content (AvgIpc) is 2.71. The molecule has 2 N–H and O–H groups in total. The molecule has 0 radical (unpaired) electrons. The fourth-order valence-corrected chi connectivity index (χ4v) is 2.89. The molecule has 2 amide bonds. The number of amides is 2. The summed E-state index contributed by atoms with van der Waals surface area (Å²) >= 11 is 0. The normalized spacial score (nSPS) is 12.9. The first-order valence-corrected chi connectivity index (χ1v) is 9.78. The lowest BCUT2D eigenvalue weighted by Gasteiger charge is -2.23. The van der Waals surface area contributed by atoms with Crippen molar-refractivity contribution in [2.24, 2.45) is 5.92 Å². The van der Waals surface area contributed by atoms with E-state index in [1.807, 2.05) is 51.1 Å². The van der Waals surface area contributed by atoms with Crippen LogP contribution in [0.4, 0.5) is 0 Å². The predicted molar refractivity (Wildman–Crippen MR) is 112 cm³/mol. The van der Waals surface area contributed by atoms with E-state index in [0.717, 1.165) is 0 Å². The second-order valence-corrected chi connectivity index (χ2v) is 7.21. The van der Waals surface area contributed by atoms with Crippen molar-refractivity contribution >= 4 is 11.8 Å². The first kappa shape index (κ1) is 21.5. The van der Waals surface area contributed by atoms with E-state index in [0.29, 0.717) is 24.5 Å². The molecule has 0 aliphatic heterocycles. The summed E-state index contributed by atoms with van der Waals surface area (Å²) in [6.45, 7) is 8.91. The monoisotopic (exact) mass is 382 g/mol. The van der Waals surface area contributed by atoms with Crippen molar-refractivity contribution in [1.29, 1.82) is 0 Å². The van der Waals surface area contributed by atoms with E-state index in [2.05, 4.69) is 17.6 Å². The Hall–Kier alpha value is -2.82. The number of rotatable bonds is 9. The minimum absolute atomic E-state index is 0.0290. The van der Waals surface area contributed by atoms with Crippen molar-refractivity contribution < 1.29 is 14.3 Å². The molecular formula is C23H30N2O3. The highest BCUT2D eigenvalue weighted by atomic mass is 16.5. The van der Waals surface area contributed by atoms with Crippen LogP contribution in [0.25, 0.3) is 0 Å². The summed E-state index contributed by atoms with van der Waals surface area (Å²) in [4.78, 5) is 25.2. The van der Waals surface area contributed by atoms with Crippen LogP contribution in [-0.4, -0.2) is 31.0 Å². The Morgan fingerprint density at radius 2 is 1.61 bits per heavy atom. The van der Waals surface area contributed by atoms with E-state index in [1.54, 1.807) is 24.3 Å². The number of benzene rings is 2. The van der Waals surface area contributed by atoms with Gasteiger partial charge in [0.2, 0.25) is 5.91 Å². The van der Waals surface area contributed by atoms with Gasteiger partial charge in [0.1, 0.15) is 11.8 Å². The van der Waals surface area contributed by atoms with Crippen LogP contribution in [0.3, 0.4) is 0 Å². The maximum atomic E-state index is 12.7. The molecule has 2 aromatic rings. The van der Waals surface area contributed by atoms with Crippen LogP contribution >= 0.6 is 0 Å². The summed E-state index contributed by atoms with van der Waals surface area (Å²) in [6.07, 6.45) is 0. The van der Waals surface area contributed by atoms with Crippen LogP contribution < -0.4 is 15.4 Å². The molecule has 0 spiro atoms. The lowest BCUT2D eigenvalue weighted by atomic mass is 10.00. The Morgan fingerprint density at radius 1 is 0.964 bits per heavy atom. The molecule has 0 heterocycles. The van der Waals surface area contributed by atoms with Crippen molar-refractivity contribution in [3.63, 3.8) is 0 Å². The highest BCUT2D eigenvalue weighted by Crippen LogP contribution is 2.15. The fourth-order valence-electron chi connectivity index (χ4n) is 2.89. The van der Waals surface area contributed by atoms with Gasteiger partial charge in [-0.1, -0.05) is 51.1 Å². The van der Waals surface area contributed by atoms with Gasteiger partial charge in [0.05, 0.1) is 6.61 Å². The zero-order chi connectivity index (χ0) is 20.5. The van der Waals surface area contributed by atoms with Crippen molar-refractivity contribution in [3.8, 4) is 5.75 Å². The largest absolute Gasteiger partial charge is 0.494 e. The molecule has 0 aliphatic rings. The molecule has 2 rings (SSSR count). The zero-order valence-corrected chi connectivity index (χ0v) is 17.1. The molecule has 0 aromatic heterocycles. The number of carbonyl (C=O) groups is 2. The molecule has 2 aromatic carbocycles. The lowest BCUT2D eigenvalue weighted by molar-refractivity contribution is -0.124. The van der Waals surface area contributed by atoms with Crippen LogP contribution in [-0.2, 0) is 4.79 Å². The summed E-state index contributed by atoms with van der Waals surface area (Å²) in [6, 6.07) is 16.4. The van der Waals surface area contributed by atoms with Gasteiger partial charge in [0, 0.05) is 12.1 Å². The molecule has 5 nitrogen and oxygen atoms in total. The van der Waals surface area contributed by atoms with Crippen LogP contribution in [0.2, 0.25) is 0 Å². The maximum absolute atomic E-state index is 12.7. The summed E-state index contributed by atoms with van der Waals surface area (Å²) < 4.78 is 5.39. The maximum Gasteiger partial charge on any atom is 0.251 e. The number of carbonyl (C=O) groups excluding carboxylic acids is 2. The van der Waals surface area contributed by atoms with E-state index in [-0.39, 0.29) is 23.7 Å². The molecule has 0 unspecified atom stereocenters. The summed E-state index contributed by atoms with van der Waals surface area (Å²) in [5.41, 5.74) is 1.67. The zero-order valence-electron chi connectivity index (χ0n) is 17.1. The number of nitrogens with one attached hydrogen (secondary N) is 2. The minimum atomic E-state index is -0.595. The van der Waals surface area contributed by atoms with Gasteiger partial charge < -0.3 is 15.4 Å². The van der Waals surface area contributed by atoms with Gasteiger partial charge in [-0.3, -0.25) is 9.59 Å². The second kappa shape index (κ2) is 10.5. The average molecular weight is 383 g/mol. The van der Waals surface area contributed by atoms with E-state index in [4.69, 9.17) is 4.74 Å². The number of hydrogen-bond donors (Lipinski definition) is 2. The summed E-state index contributed by atoms with van der Waals surface area (Å²) in [5, 5.41) is 5.83. The molecule has 0 bridgehead atoms. The SMILES string of the molecule is CCOc1ccc(C(=O)N[C@H](C(=O)NC[C@@H](C)c2ccccc2)C(C)C)cc1. The van der Waals surface area contributed by atoms with Gasteiger partial charge in [0.15, 0.2) is 0 Å². The first-order valence-electron chi connectivity index (χ1n) is 9.78. The molecule has 0 aliphatic carbocycles. The molecule has 28 heavy (non-hydrogen) atoms. The van der Waals surface area contributed by atoms with Gasteiger partial charge in [-0.05, 0) is 48.6 Å². The van der Waals surface area contributed by atoms with Gasteiger partial charge in [-0.15, -0.1) is 0 Å². The molecule has 0 saturated carbocycles. The minimum Gasteiger partial charge on any atom is -0.494 e. The van der Waals surface area contributed by atoms with E-state index in [9.17, 15) is 9.59 Å². The second-order valence-electron chi connectivity index (χ2n) is 7.21. The van der Waals surface area contributed by atoms with Crippen molar-refractivity contribution in [1.82, 2.24) is 10.6 Å². The molecule has 5 heteroatoms. The molecular weight excluding hydrogens is 352 g/mol. The van der Waals surface area contributed by atoms with Crippen molar-refractivity contribution in [2.45, 2.75) is 39.7 Å². The Kier molecular flexibility index (Phi) is 8.05. The molecule has 150 valence electrons. The third kappa shape index (κ3) is 6.12. The first-order chi connectivity index (χ1) is 13.4. The topological polar surface area (TPSA) is 67.4 Å². The van der Waals surface area contributed by atoms with Gasteiger partial charge in [-0.2, -0.15) is 0 Å². The van der Waals surface area contributed by atoms with Crippen LogP contribution in [0, 0.1) is 5.92 Å². The standard InChI is InChI=1S/C23H30N2O3/c1-5-28-20-13-11-19(12-14-20)22(26)25-21(16(2)3)23(27)24-15-17(4)18-9-7-6-8-10-18/h6-14,16-17,21H,5,15H2,1-4H3,(H,24,27)(H,25,26)/t17-,21+/m1/s1. The van der Waals surface area contributed by atoms with E-state index < -0.39 is 6.04 Å². The highest BCUT2D eigenvalue weighted by molar-refractivity contribution is 5.97. The number of ether oxygens (including phenoxy) is 1. The van der Waals surface area contributed by atoms with Gasteiger partial charge in [0.25, 0.3) is 5.91 Å². The Morgan fingerprint density at radius 3 is 2.18 bits per heavy atom. The van der Waals surface area contributed by atoms with Crippen LogP contribution in [0.5, 0.6) is 5.75 Å². The quantitative estimate of drug-likeness (QED) is 0.694. The number of hydrogen-bond acceptors (Lipinski definition) is 3. The lowest BCUT2D eigenvalue weighted by Crippen LogP contribution is -2.50. The molecule has 2 atom stereocenters.